The molecule has 1 N–H and O–H groups in total. The molecule has 0 saturated carbocycles. The highest BCUT2D eigenvalue weighted by Gasteiger charge is 2.13. The third-order valence-electron chi connectivity index (χ3n) is 4.57. The van der Waals surface area contributed by atoms with Crippen LogP contribution in [-0.4, -0.2) is 12.5 Å². The molecule has 0 saturated heterocycles. The van der Waals surface area contributed by atoms with Crippen LogP contribution in [0.5, 0.6) is 5.75 Å². The standard InChI is InChI=1S/C23H25NO3/c1-5-17-7-9-18(10-8-17)24-23(25)11-15(3)19-12-20-16(4)14-27-22(20)13-21(19)26-6-2/h7-14H,5-6H2,1-4H3,(H,24,25)/b15-11+. The minimum atomic E-state index is -0.164. The van der Waals surface area contributed by atoms with Gasteiger partial charge in [0.15, 0.2) is 0 Å². The van der Waals surface area contributed by atoms with Crippen LogP contribution in [0.25, 0.3) is 16.5 Å². The zero-order valence-electron chi connectivity index (χ0n) is 16.3. The molecule has 0 bridgehead atoms. The van der Waals surface area contributed by atoms with E-state index in [-0.39, 0.29) is 5.91 Å². The number of rotatable bonds is 6. The molecule has 0 aliphatic carbocycles. The van der Waals surface area contributed by atoms with Crippen molar-refractivity contribution in [1.82, 2.24) is 0 Å². The Morgan fingerprint density at radius 1 is 1.19 bits per heavy atom. The van der Waals surface area contributed by atoms with Crippen LogP contribution in [-0.2, 0) is 11.2 Å². The lowest BCUT2D eigenvalue weighted by molar-refractivity contribution is -0.111. The van der Waals surface area contributed by atoms with Crippen LogP contribution in [0.1, 0.15) is 37.5 Å². The maximum Gasteiger partial charge on any atom is 0.248 e. The number of carbonyl (C=O) groups excluding carboxylic acids is 1. The smallest absolute Gasteiger partial charge is 0.248 e. The highest BCUT2D eigenvalue weighted by Crippen LogP contribution is 2.33. The van der Waals surface area contributed by atoms with Crippen LogP contribution in [0.15, 0.2) is 53.2 Å². The average molecular weight is 363 g/mol. The van der Waals surface area contributed by atoms with Gasteiger partial charge in [-0.05, 0) is 62.1 Å². The first-order valence-electron chi connectivity index (χ1n) is 9.25. The number of hydrogen-bond acceptors (Lipinski definition) is 3. The molecule has 1 aromatic heterocycles. The number of amides is 1. The number of carbonyl (C=O) groups is 1. The van der Waals surface area contributed by atoms with Crippen LogP contribution in [0.2, 0.25) is 0 Å². The fourth-order valence-corrected chi connectivity index (χ4v) is 3.04. The Balaban J connectivity index is 1.88. The Kier molecular flexibility index (Phi) is 5.65. The van der Waals surface area contributed by atoms with E-state index in [1.807, 2.05) is 57.2 Å². The number of ether oxygens (including phenoxy) is 1. The summed E-state index contributed by atoms with van der Waals surface area (Å²) in [7, 11) is 0. The van der Waals surface area contributed by atoms with Gasteiger partial charge in [0.25, 0.3) is 0 Å². The second kappa shape index (κ2) is 8.12. The first-order valence-corrected chi connectivity index (χ1v) is 9.25. The average Bonchev–Trinajstić information content (AvgIpc) is 3.02. The maximum absolute atomic E-state index is 12.5. The molecule has 0 atom stereocenters. The second-order valence-corrected chi connectivity index (χ2v) is 6.56. The number of benzene rings is 2. The van der Waals surface area contributed by atoms with E-state index in [2.05, 4.69) is 12.2 Å². The maximum atomic E-state index is 12.5. The van der Waals surface area contributed by atoms with Gasteiger partial charge in [0.2, 0.25) is 5.91 Å². The van der Waals surface area contributed by atoms with Crippen molar-refractivity contribution < 1.29 is 13.9 Å². The Labute approximate surface area is 159 Å². The van der Waals surface area contributed by atoms with Gasteiger partial charge < -0.3 is 14.5 Å². The van der Waals surface area contributed by atoms with Crippen molar-refractivity contribution in [2.24, 2.45) is 0 Å². The van der Waals surface area contributed by atoms with Gasteiger partial charge in [0.1, 0.15) is 11.3 Å². The van der Waals surface area contributed by atoms with Gasteiger partial charge in [-0.2, -0.15) is 0 Å². The van der Waals surface area contributed by atoms with Crippen LogP contribution >= 0.6 is 0 Å². The van der Waals surface area contributed by atoms with Crippen molar-refractivity contribution in [3.8, 4) is 5.75 Å². The lowest BCUT2D eigenvalue weighted by atomic mass is 10.0. The Bertz CT molecular complexity index is 981. The number of furan rings is 1. The molecule has 0 aliphatic rings. The molecule has 0 aliphatic heterocycles. The molecule has 27 heavy (non-hydrogen) atoms. The number of hydrogen-bond donors (Lipinski definition) is 1. The summed E-state index contributed by atoms with van der Waals surface area (Å²) < 4.78 is 11.3. The molecular weight excluding hydrogens is 338 g/mol. The quantitative estimate of drug-likeness (QED) is 0.568. The van der Waals surface area contributed by atoms with Crippen molar-refractivity contribution in [3.63, 3.8) is 0 Å². The molecule has 4 heteroatoms. The van der Waals surface area contributed by atoms with E-state index in [4.69, 9.17) is 9.15 Å². The molecule has 3 aromatic rings. The van der Waals surface area contributed by atoms with Crippen LogP contribution in [0, 0.1) is 6.92 Å². The summed E-state index contributed by atoms with van der Waals surface area (Å²) in [5.74, 6) is 0.552. The predicted molar refractivity (Wildman–Crippen MR) is 110 cm³/mol. The number of nitrogens with one attached hydrogen (secondary N) is 1. The van der Waals surface area contributed by atoms with E-state index in [9.17, 15) is 4.79 Å². The summed E-state index contributed by atoms with van der Waals surface area (Å²) in [6.07, 6.45) is 4.31. The first-order chi connectivity index (χ1) is 13.0. The molecule has 1 heterocycles. The summed E-state index contributed by atoms with van der Waals surface area (Å²) in [6.45, 7) is 8.50. The topological polar surface area (TPSA) is 51.5 Å². The van der Waals surface area contributed by atoms with Gasteiger partial charge in [-0.25, -0.2) is 0 Å². The fraction of sp³-hybridized carbons (Fsp3) is 0.261. The summed E-state index contributed by atoms with van der Waals surface area (Å²) in [5.41, 5.74) is 5.60. The number of allylic oxidation sites excluding steroid dienone is 1. The SMILES string of the molecule is CCOc1cc2occ(C)c2cc1/C(C)=C/C(=O)Nc1ccc(CC)cc1. The molecule has 3 rings (SSSR count). The minimum absolute atomic E-state index is 0.164. The van der Waals surface area contributed by atoms with E-state index in [0.717, 1.165) is 39.8 Å². The molecule has 1 amide bonds. The van der Waals surface area contributed by atoms with E-state index in [0.29, 0.717) is 12.4 Å². The molecule has 2 aromatic carbocycles. The highest BCUT2D eigenvalue weighted by atomic mass is 16.5. The van der Waals surface area contributed by atoms with Crippen LogP contribution in [0.3, 0.4) is 0 Å². The number of fused-ring (bicyclic) bond motifs is 1. The van der Waals surface area contributed by atoms with Gasteiger partial charge >= 0.3 is 0 Å². The van der Waals surface area contributed by atoms with Crippen molar-refractivity contribution in [2.45, 2.75) is 34.1 Å². The molecule has 4 nitrogen and oxygen atoms in total. The highest BCUT2D eigenvalue weighted by molar-refractivity contribution is 6.04. The van der Waals surface area contributed by atoms with Gasteiger partial charge in [0.05, 0.1) is 12.9 Å². The van der Waals surface area contributed by atoms with Gasteiger partial charge in [0, 0.05) is 28.8 Å². The molecular formula is C23H25NO3. The summed E-state index contributed by atoms with van der Waals surface area (Å²) in [5, 5.41) is 3.94. The molecule has 0 fully saturated rings. The number of aryl methyl sites for hydroxylation is 2. The van der Waals surface area contributed by atoms with Crippen molar-refractivity contribution in [1.29, 1.82) is 0 Å². The van der Waals surface area contributed by atoms with E-state index in [1.165, 1.54) is 5.56 Å². The van der Waals surface area contributed by atoms with Crippen molar-refractivity contribution in [2.75, 3.05) is 11.9 Å². The zero-order valence-corrected chi connectivity index (χ0v) is 16.3. The van der Waals surface area contributed by atoms with Gasteiger partial charge in [-0.1, -0.05) is 19.1 Å². The van der Waals surface area contributed by atoms with Crippen LogP contribution < -0.4 is 10.1 Å². The van der Waals surface area contributed by atoms with E-state index < -0.39 is 0 Å². The Morgan fingerprint density at radius 3 is 2.59 bits per heavy atom. The van der Waals surface area contributed by atoms with E-state index >= 15 is 0 Å². The fourth-order valence-electron chi connectivity index (χ4n) is 3.04. The van der Waals surface area contributed by atoms with Gasteiger partial charge in [-0.15, -0.1) is 0 Å². The second-order valence-electron chi connectivity index (χ2n) is 6.56. The molecule has 0 radical (unpaired) electrons. The number of anilines is 1. The first kappa shape index (κ1) is 18.8. The largest absolute Gasteiger partial charge is 0.493 e. The van der Waals surface area contributed by atoms with Gasteiger partial charge in [-0.3, -0.25) is 4.79 Å². The summed E-state index contributed by atoms with van der Waals surface area (Å²) >= 11 is 0. The predicted octanol–water partition coefficient (Wildman–Crippen LogP) is 5.74. The van der Waals surface area contributed by atoms with Crippen LogP contribution in [0.4, 0.5) is 5.69 Å². The molecule has 0 spiro atoms. The monoisotopic (exact) mass is 363 g/mol. The normalized spacial score (nSPS) is 11.6. The van der Waals surface area contributed by atoms with E-state index in [1.54, 1.807) is 12.3 Å². The lowest BCUT2D eigenvalue weighted by Gasteiger charge is -2.11. The van der Waals surface area contributed by atoms with Crippen molar-refractivity contribution in [3.05, 3.63) is 65.4 Å². The third kappa shape index (κ3) is 4.22. The molecule has 140 valence electrons. The summed E-state index contributed by atoms with van der Waals surface area (Å²) in [4.78, 5) is 12.5. The van der Waals surface area contributed by atoms with Crippen molar-refractivity contribution >= 4 is 28.1 Å². The third-order valence-corrected chi connectivity index (χ3v) is 4.57. The summed E-state index contributed by atoms with van der Waals surface area (Å²) in [6, 6.07) is 11.8. The Hall–Kier alpha value is -3.01. The minimum Gasteiger partial charge on any atom is -0.493 e. The molecule has 0 unspecified atom stereocenters. The lowest BCUT2D eigenvalue weighted by Crippen LogP contribution is -2.08. The zero-order chi connectivity index (χ0) is 19.4. The Morgan fingerprint density at radius 2 is 1.93 bits per heavy atom.